The van der Waals surface area contributed by atoms with E-state index >= 15 is 0 Å². The number of sulfonamides is 1. The zero-order chi connectivity index (χ0) is 19.2. The first-order valence-electron chi connectivity index (χ1n) is 7.49. The van der Waals surface area contributed by atoms with Gasteiger partial charge >= 0.3 is 0 Å². The number of carbonyl (C=O) groups is 1. The summed E-state index contributed by atoms with van der Waals surface area (Å²) in [6.07, 6.45) is 4.50. The van der Waals surface area contributed by atoms with Crippen molar-refractivity contribution in [2.75, 3.05) is 23.4 Å². The number of nitrogens with one attached hydrogen (secondary N) is 1. The molecule has 0 aliphatic rings. The largest absolute Gasteiger partial charge is 0.271 e. The fourth-order valence-corrected chi connectivity index (χ4v) is 3.51. The number of amides is 1. The molecule has 0 aliphatic carbocycles. The molecule has 0 unspecified atom stereocenters. The van der Waals surface area contributed by atoms with Crippen LogP contribution in [0.3, 0.4) is 0 Å². The monoisotopic (exact) mass is 411 g/mol. The molecule has 6 nitrogen and oxygen atoms in total. The average Bonchev–Trinajstić information content (AvgIpc) is 2.59. The van der Waals surface area contributed by atoms with Crippen molar-refractivity contribution < 1.29 is 13.2 Å². The summed E-state index contributed by atoms with van der Waals surface area (Å²) < 4.78 is 25.0. The molecule has 2 rings (SSSR count). The van der Waals surface area contributed by atoms with Crippen LogP contribution < -0.4 is 9.73 Å². The number of hydrazone groups is 1. The van der Waals surface area contributed by atoms with Crippen LogP contribution in [-0.4, -0.2) is 39.6 Å². The molecule has 0 saturated carbocycles. The zero-order valence-corrected chi connectivity index (χ0v) is 16.6. The van der Waals surface area contributed by atoms with Gasteiger partial charge in [0.2, 0.25) is 10.0 Å². The Labute approximate surface area is 162 Å². The first-order valence-corrected chi connectivity index (χ1v) is 10.9. The number of benzene rings is 2. The van der Waals surface area contributed by atoms with Gasteiger partial charge < -0.3 is 0 Å². The number of halogens is 1. The molecule has 0 atom stereocenters. The summed E-state index contributed by atoms with van der Waals surface area (Å²) in [5, 5.41) is 4.24. The van der Waals surface area contributed by atoms with Crippen molar-refractivity contribution in [1.82, 2.24) is 5.43 Å². The minimum absolute atomic E-state index is 0.312. The molecule has 1 amide bonds. The Morgan fingerprint density at radius 3 is 2.54 bits per heavy atom. The quantitative estimate of drug-likeness (QED) is 0.431. The van der Waals surface area contributed by atoms with Gasteiger partial charge in [-0.3, -0.25) is 9.10 Å². The Kier molecular flexibility index (Phi) is 7.07. The Morgan fingerprint density at radius 2 is 1.96 bits per heavy atom. The van der Waals surface area contributed by atoms with Crippen molar-refractivity contribution >= 4 is 51.2 Å². The third kappa shape index (κ3) is 6.05. The van der Waals surface area contributed by atoms with Gasteiger partial charge in [-0.1, -0.05) is 29.8 Å². The van der Waals surface area contributed by atoms with Crippen LogP contribution in [0.4, 0.5) is 5.69 Å². The van der Waals surface area contributed by atoms with Gasteiger partial charge in [-0.15, -0.1) is 11.8 Å². The second kappa shape index (κ2) is 9.07. The maximum atomic E-state index is 12.1. The number of nitrogens with zero attached hydrogens (tertiary/aromatic N) is 2. The smallest absolute Gasteiger partial charge is 0.260 e. The van der Waals surface area contributed by atoms with Crippen LogP contribution in [0, 0.1) is 0 Å². The van der Waals surface area contributed by atoms with Crippen LogP contribution in [-0.2, 0) is 14.8 Å². The van der Waals surface area contributed by atoms with Gasteiger partial charge in [-0.25, -0.2) is 13.8 Å². The maximum Gasteiger partial charge on any atom is 0.260 e. The van der Waals surface area contributed by atoms with Crippen molar-refractivity contribution in [3.05, 3.63) is 59.1 Å². The third-order valence-corrected chi connectivity index (χ3v) is 5.42. The lowest BCUT2D eigenvalue weighted by atomic mass is 10.2. The Hall–Kier alpha value is -2.03. The Morgan fingerprint density at radius 1 is 1.27 bits per heavy atom. The molecule has 2 aromatic rings. The second-order valence-corrected chi connectivity index (χ2v) is 8.54. The molecule has 1 N–H and O–H groups in total. The molecule has 0 spiro atoms. The molecule has 26 heavy (non-hydrogen) atoms. The Bertz CT molecular complexity index is 900. The highest BCUT2D eigenvalue weighted by molar-refractivity contribution is 7.98. The predicted octanol–water partition coefficient (Wildman–Crippen LogP) is 2.98. The number of carbonyl (C=O) groups excluding carboxylic acids is 1. The number of anilines is 1. The highest BCUT2D eigenvalue weighted by Crippen LogP contribution is 2.21. The Balaban J connectivity index is 2.04. The molecule has 0 fully saturated rings. The summed E-state index contributed by atoms with van der Waals surface area (Å²) in [6.45, 7) is -0.401. The van der Waals surface area contributed by atoms with Gasteiger partial charge in [0.1, 0.15) is 6.54 Å². The molecule has 0 aliphatic heterocycles. The van der Waals surface area contributed by atoms with Crippen molar-refractivity contribution in [2.24, 2.45) is 5.10 Å². The number of hydrogen-bond acceptors (Lipinski definition) is 5. The van der Waals surface area contributed by atoms with E-state index in [1.807, 2.05) is 30.5 Å². The van der Waals surface area contributed by atoms with Crippen LogP contribution in [0.2, 0.25) is 5.02 Å². The van der Waals surface area contributed by atoms with E-state index in [1.165, 1.54) is 12.3 Å². The van der Waals surface area contributed by atoms with Crippen LogP contribution >= 0.6 is 23.4 Å². The van der Waals surface area contributed by atoms with E-state index in [-0.39, 0.29) is 0 Å². The normalized spacial score (nSPS) is 11.5. The average molecular weight is 412 g/mol. The summed E-state index contributed by atoms with van der Waals surface area (Å²) >= 11 is 7.53. The van der Waals surface area contributed by atoms with E-state index < -0.39 is 22.5 Å². The third-order valence-electron chi connectivity index (χ3n) is 3.30. The van der Waals surface area contributed by atoms with E-state index in [9.17, 15) is 13.2 Å². The first kappa shape index (κ1) is 20.3. The van der Waals surface area contributed by atoms with Gasteiger partial charge in [0.25, 0.3) is 5.91 Å². The number of rotatable bonds is 7. The molecule has 2 aromatic carbocycles. The summed E-state index contributed by atoms with van der Waals surface area (Å²) in [7, 11) is -3.66. The molecule has 138 valence electrons. The standard InChI is InChI=1S/C17H18ClN3O3S2/c1-25-16-8-6-13(7-9-16)11-19-20-17(22)12-21(26(2,23)24)15-5-3-4-14(18)10-15/h3-11H,12H2,1-2H3,(H,20,22)/b19-11-. The summed E-state index contributed by atoms with van der Waals surface area (Å²) in [4.78, 5) is 13.2. The fraction of sp³-hybridized carbons (Fsp3) is 0.176. The molecular formula is C17H18ClN3O3S2. The SMILES string of the molecule is CSc1ccc(/C=N\NC(=O)CN(c2cccc(Cl)c2)S(C)(=O)=O)cc1. The predicted molar refractivity (Wildman–Crippen MR) is 108 cm³/mol. The van der Waals surface area contributed by atoms with E-state index in [0.29, 0.717) is 10.7 Å². The van der Waals surface area contributed by atoms with Crippen LogP contribution in [0.25, 0.3) is 0 Å². The lowest BCUT2D eigenvalue weighted by Gasteiger charge is -2.21. The van der Waals surface area contributed by atoms with E-state index in [2.05, 4.69) is 10.5 Å². The molecular weight excluding hydrogens is 394 g/mol. The van der Waals surface area contributed by atoms with E-state index in [4.69, 9.17) is 11.6 Å². The highest BCUT2D eigenvalue weighted by atomic mass is 35.5. The van der Waals surface area contributed by atoms with E-state index in [0.717, 1.165) is 21.0 Å². The lowest BCUT2D eigenvalue weighted by molar-refractivity contribution is -0.119. The molecule has 0 radical (unpaired) electrons. The van der Waals surface area contributed by atoms with Crippen LogP contribution in [0.5, 0.6) is 0 Å². The van der Waals surface area contributed by atoms with Gasteiger partial charge in [0.15, 0.2) is 0 Å². The van der Waals surface area contributed by atoms with Crippen molar-refractivity contribution in [2.45, 2.75) is 4.90 Å². The van der Waals surface area contributed by atoms with Crippen LogP contribution in [0.15, 0.2) is 58.5 Å². The highest BCUT2D eigenvalue weighted by Gasteiger charge is 2.20. The summed E-state index contributed by atoms with van der Waals surface area (Å²) in [5.41, 5.74) is 3.46. The number of hydrogen-bond donors (Lipinski definition) is 1. The minimum Gasteiger partial charge on any atom is -0.271 e. The molecule has 0 aromatic heterocycles. The fourth-order valence-electron chi connectivity index (χ4n) is 2.07. The van der Waals surface area contributed by atoms with Gasteiger partial charge in [-0.2, -0.15) is 5.10 Å². The van der Waals surface area contributed by atoms with Crippen LogP contribution in [0.1, 0.15) is 5.56 Å². The van der Waals surface area contributed by atoms with Crippen molar-refractivity contribution in [1.29, 1.82) is 0 Å². The molecule has 0 bridgehead atoms. The van der Waals surface area contributed by atoms with E-state index in [1.54, 1.807) is 30.0 Å². The summed E-state index contributed by atoms with van der Waals surface area (Å²) in [5.74, 6) is -0.563. The van der Waals surface area contributed by atoms with Gasteiger partial charge in [-0.05, 0) is 42.2 Å². The first-order chi connectivity index (χ1) is 12.3. The topological polar surface area (TPSA) is 78.8 Å². The second-order valence-electron chi connectivity index (χ2n) is 5.32. The molecule has 0 heterocycles. The molecule has 9 heteroatoms. The van der Waals surface area contributed by atoms with Gasteiger partial charge in [0.05, 0.1) is 18.2 Å². The minimum atomic E-state index is -3.66. The van der Waals surface area contributed by atoms with Crippen molar-refractivity contribution in [3.63, 3.8) is 0 Å². The summed E-state index contributed by atoms with van der Waals surface area (Å²) in [6, 6.07) is 13.9. The van der Waals surface area contributed by atoms with Crippen molar-refractivity contribution in [3.8, 4) is 0 Å². The van der Waals surface area contributed by atoms with Gasteiger partial charge in [0, 0.05) is 9.92 Å². The lowest BCUT2D eigenvalue weighted by Crippen LogP contribution is -2.39. The maximum absolute atomic E-state index is 12.1. The molecule has 0 saturated heterocycles. The zero-order valence-electron chi connectivity index (χ0n) is 14.2. The number of thioether (sulfide) groups is 1.